The van der Waals surface area contributed by atoms with Crippen molar-refractivity contribution in [3.05, 3.63) is 179 Å². The third-order valence-corrected chi connectivity index (χ3v) is 12.7. The first-order valence-corrected chi connectivity index (χ1v) is 25.4. The van der Waals surface area contributed by atoms with E-state index in [1.54, 1.807) is 48.5 Å². The maximum Gasteiger partial charge on any atom is 0.389 e. The molecule has 0 aliphatic carbocycles. The summed E-state index contributed by atoms with van der Waals surface area (Å²) in [5, 5.41) is 24.7. The molecule has 2 unspecified atom stereocenters. The van der Waals surface area contributed by atoms with Crippen LogP contribution in [0.3, 0.4) is 0 Å². The van der Waals surface area contributed by atoms with Crippen LogP contribution in [0.2, 0.25) is 0 Å². The minimum Gasteiger partial charge on any atom is -0.494 e. The van der Waals surface area contributed by atoms with Gasteiger partial charge in [-0.15, -0.1) is 0 Å². The number of halogens is 6. The predicted octanol–water partition coefficient (Wildman–Crippen LogP) is 11.6. The van der Waals surface area contributed by atoms with E-state index in [-0.39, 0.29) is 85.9 Å². The Labute approximate surface area is 463 Å². The summed E-state index contributed by atoms with van der Waals surface area (Å²) in [4.78, 5) is 54.9. The fourth-order valence-corrected chi connectivity index (χ4v) is 8.41. The third-order valence-electron chi connectivity index (χ3n) is 12.7. The predicted molar refractivity (Wildman–Crippen MR) is 291 cm³/mol. The summed E-state index contributed by atoms with van der Waals surface area (Å²) in [6.07, 6.45) is -9.72. The Balaban J connectivity index is 1.19. The molecule has 0 aromatic heterocycles. The molecular formula is C61H60F6N2O12. The standard InChI is InChI=1S/C61H60F6N2O12/c1-76-53-35-39(13-29-51(53)80-57(74)43-15-23-47(24-16-43)78-33-5-3-31-60(62,63)64)11-27-49(70)55(72)59(37-41-7-19-45(68)20-8-41,38-42-9-21-46(69)22-10-42)56(73)50(71)28-12-40-14-30-52(54(36-40)77-2)81-58(75)44-17-25-48(26-18-44)79-34-6-4-32-61(65,66)67/h7-30,35-36,55-56,72-73H,3-6,31-34,37-38,68-69H2,1-2H3/b27-11+,28-12+. The SMILES string of the molecule is COc1cc(/C=C/C(=O)C(O)C(Cc2ccc(N)cc2)(Cc2ccc(N)cc2)C(O)C(=O)/C=C/c2ccc(OC(=O)c3ccc(OCCCCC(F)(F)F)cc3)c(OC)c2)ccc1OC(=O)c1ccc(OCCCCC(F)(F)F)cc1. The van der Waals surface area contributed by atoms with Crippen LogP contribution < -0.4 is 39.9 Å². The highest BCUT2D eigenvalue weighted by molar-refractivity contribution is 6.01. The van der Waals surface area contributed by atoms with Crippen molar-refractivity contribution in [3.63, 3.8) is 0 Å². The lowest BCUT2D eigenvalue weighted by molar-refractivity contribution is -0.146. The fourth-order valence-electron chi connectivity index (χ4n) is 8.41. The topological polar surface area (TPSA) is 216 Å². The fraction of sp³-hybridized carbons (Fsp3) is 0.279. The molecule has 0 radical (unpaired) electrons. The molecule has 0 fully saturated rings. The number of hydrogen-bond donors (Lipinski definition) is 4. The van der Waals surface area contributed by atoms with Crippen LogP contribution in [0.5, 0.6) is 34.5 Å². The highest BCUT2D eigenvalue weighted by Gasteiger charge is 2.49. The zero-order valence-corrected chi connectivity index (χ0v) is 44.1. The van der Waals surface area contributed by atoms with Gasteiger partial charge in [0.15, 0.2) is 34.6 Å². The Bertz CT molecular complexity index is 2920. The summed E-state index contributed by atoms with van der Waals surface area (Å²) in [5.74, 6) is -2.39. The number of methoxy groups -OCH3 is 2. The van der Waals surface area contributed by atoms with Gasteiger partial charge in [-0.05, 0) is 170 Å². The molecule has 428 valence electrons. The first-order valence-electron chi connectivity index (χ1n) is 25.4. The number of rotatable bonds is 28. The van der Waals surface area contributed by atoms with Gasteiger partial charge in [-0.25, -0.2) is 9.59 Å². The Kier molecular flexibility index (Phi) is 21.7. The van der Waals surface area contributed by atoms with Gasteiger partial charge in [-0.1, -0.05) is 48.6 Å². The number of unbranched alkanes of at least 4 members (excludes halogenated alkanes) is 2. The van der Waals surface area contributed by atoms with Gasteiger partial charge in [0, 0.05) is 29.6 Å². The molecule has 81 heavy (non-hydrogen) atoms. The average molecular weight is 1130 g/mol. The molecule has 0 spiro atoms. The molecule has 0 heterocycles. The number of nitrogen functional groups attached to an aromatic ring is 2. The van der Waals surface area contributed by atoms with E-state index in [1.165, 1.54) is 111 Å². The van der Waals surface area contributed by atoms with Crippen LogP contribution in [0.4, 0.5) is 37.7 Å². The van der Waals surface area contributed by atoms with Crippen LogP contribution in [0.15, 0.2) is 146 Å². The summed E-state index contributed by atoms with van der Waals surface area (Å²) in [7, 11) is 2.66. The number of esters is 2. The number of anilines is 2. The molecule has 6 N–H and O–H groups in total. The molecule has 6 rings (SSSR count). The Hall–Kier alpha value is -8.62. The van der Waals surface area contributed by atoms with Crippen LogP contribution in [0.25, 0.3) is 12.2 Å². The molecular weight excluding hydrogens is 1070 g/mol. The average Bonchev–Trinajstić information content (AvgIpc) is 3.49. The quantitative estimate of drug-likeness (QED) is 0.00898. The van der Waals surface area contributed by atoms with E-state index < -0.39 is 66.3 Å². The van der Waals surface area contributed by atoms with Gasteiger partial charge in [0.1, 0.15) is 23.7 Å². The lowest BCUT2D eigenvalue weighted by Gasteiger charge is -2.40. The van der Waals surface area contributed by atoms with Crippen molar-refractivity contribution in [2.45, 2.75) is 75.9 Å². The molecule has 0 saturated heterocycles. The zero-order chi connectivity index (χ0) is 58.7. The Morgan fingerprint density at radius 1 is 0.494 bits per heavy atom. The molecule has 0 amide bonds. The van der Waals surface area contributed by atoms with Crippen molar-refractivity contribution in [1.29, 1.82) is 0 Å². The van der Waals surface area contributed by atoms with E-state index in [2.05, 4.69) is 0 Å². The summed E-state index contributed by atoms with van der Waals surface area (Å²) in [5.41, 5.74) is 12.9. The lowest BCUT2D eigenvalue weighted by atomic mass is 9.66. The Morgan fingerprint density at radius 2 is 0.852 bits per heavy atom. The minimum atomic E-state index is -4.24. The second-order valence-corrected chi connectivity index (χ2v) is 18.8. The van der Waals surface area contributed by atoms with Crippen molar-refractivity contribution < 1.29 is 84.2 Å². The normalized spacial score (nSPS) is 12.7. The van der Waals surface area contributed by atoms with Gasteiger partial charge < -0.3 is 50.1 Å². The highest BCUT2D eigenvalue weighted by Crippen LogP contribution is 2.39. The number of alkyl halides is 6. The summed E-state index contributed by atoms with van der Waals surface area (Å²) in [6.45, 7) is 0.115. The first kappa shape index (κ1) is 61.6. The first-order chi connectivity index (χ1) is 38.5. The molecule has 0 saturated carbocycles. The number of aliphatic hydroxyl groups is 2. The molecule has 0 aliphatic rings. The molecule has 0 aliphatic heterocycles. The van der Waals surface area contributed by atoms with Gasteiger partial charge in [0.2, 0.25) is 0 Å². The van der Waals surface area contributed by atoms with Crippen LogP contribution in [0, 0.1) is 5.41 Å². The van der Waals surface area contributed by atoms with Gasteiger partial charge in [-0.2, -0.15) is 26.3 Å². The second kappa shape index (κ2) is 28.5. The summed E-state index contributed by atoms with van der Waals surface area (Å²) >= 11 is 0. The number of aliphatic hydroxyl groups excluding tert-OH is 2. The maximum absolute atomic E-state index is 14.3. The van der Waals surface area contributed by atoms with E-state index in [9.17, 15) is 55.7 Å². The van der Waals surface area contributed by atoms with Crippen molar-refractivity contribution in [3.8, 4) is 34.5 Å². The summed E-state index contributed by atoms with van der Waals surface area (Å²) in [6, 6.07) is 33.4. The molecule has 14 nitrogen and oxygen atoms in total. The molecule has 2 atom stereocenters. The third kappa shape index (κ3) is 18.7. The number of hydrogen-bond acceptors (Lipinski definition) is 14. The maximum atomic E-state index is 14.3. The second-order valence-electron chi connectivity index (χ2n) is 18.8. The number of benzene rings is 6. The largest absolute Gasteiger partial charge is 0.494 e. The minimum absolute atomic E-state index is 0.0172. The van der Waals surface area contributed by atoms with Gasteiger partial charge in [0.25, 0.3) is 0 Å². The molecule has 20 heteroatoms. The Morgan fingerprint density at radius 3 is 1.19 bits per heavy atom. The number of nitrogens with two attached hydrogens (primary N) is 2. The highest BCUT2D eigenvalue weighted by atomic mass is 19.4. The number of ketones is 2. The monoisotopic (exact) mass is 1130 g/mol. The van der Waals surface area contributed by atoms with E-state index in [4.69, 9.17) is 39.9 Å². The molecule has 6 aromatic carbocycles. The molecule has 0 bridgehead atoms. The molecule has 6 aromatic rings. The van der Waals surface area contributed by atoms with Crippen molar-refractivity contribution in [2.75, 3.05) is 38.9 Å². The van der Waals surface area contributed by atoms with Gasteiger partial charge in [0.05, 0.1) is 38.6 Å². The van der Waals surface area contributed by atoms with E-state index in [1.807, 2.05) is 0 Å². The van der Waals surface area contributed by atoms with Crippen LogP contribution in [-0.4, -0.2) is 85.7 Å². The van der Waals surface area contributed by atoms with E-state index >= 15 is 0 Å². The van der Waals surface area contributed by atoms with Crippen molar-refractivity contribution in [2.24, 2.45) is 5.41 Å². The van der Waals surface area contributed by atoms with Gasteiger partial charge in [-0.3, -0.25) is 9.59 Å². The van der Waals surface area contributed by atoms with Crippen LogP contribution in [-0.2, 0) is 22.4 Å². The van der Waals surface area contributed by atoms with E-state index in [0.717, 1.165) is 12.2 Å². The number of carbonyl (C=O) groups is 4. The van der Waals surface area contributed by atoms with Crippen LogP contribution >= 0.6 is 0 Å². The lowest BCUT2D eigenvalue weighted by Crippen LogP contribution is -2.54. The van der Waals surface area contributed by atoms with Crippen LogP contribution in [0.1, 0.15) is 81.5 Å². The van der Waals surface area contributed by atoms with E-state index in [0.29, 0.717) is 45.1 Å². The van der Waals surface area contributed by atoms with Crippen molar-refractivity contribution >= 4 is 47.0 Å². The zero-order valence-electron chi connectivity index (χ0n) is 44.1. The summed E-state index contributed by atoms with van der Waals surface area (Å²) < 4.78 is 108. The number of carbonyl (C=O) groups excluding carboxylic acids is 4. The smallest absolute Gasteiger partial charge is 0.389 e. The van der Waals surface area contributed by atoms with Crippen molar-refractivity contribution in [1.82, 2.24) is 0 Å². The number of ether oxygens (including phenoxy) is 6. The van der Waals surface area contributed by atoms with Gasteiger partial charge >= 0.3 is 24.3 Å².